The van der Waals surface area contributed by atoms with Gasteiger partial charge >= 0.3 is 17.9 Å². The number of hydrogen-bond donors (Lipinski definition) is 2. The fraction of sp³-hybridized carbons (Fsp3) is 0.348. The van der Waals surface area contributed by atoms with Gasteiger partial charge in [0.1, 0.15) is 12.7 Å². The Kier molecular flexibility index (Phi) is 6.73. The molecule has 13 nitrogen and oxygen atoms in total. The summed E-state index contributed by atoms with van der Waals surface area (Å²) in [6, 6.07) is 0. The van der Waals surface area contributed by atoms with E-state index in [-0.39, 0.29) is 29.5 Å². The van der Waals surface area contributed by atoms with Gasteiger partial charge in [0.25, 0.3) is 5.56 Å². The van der Waals surface area contributed by atoms with E-state index in [0.717, 1.165) is 0 Å². The molecular weight excluding hydrogens is 474 g/mol. The van der Waals surface area contributed by atoms with Crippen LogP contribution >= 0.6 is 0 Å². The second-order valence-electron chi connectivity index (χ2n) is 7.78. The molecule has 2 aromatic heterocycles. The van der Waals surface area contributed by atoms with E-state index in [1.807, 2.05) is 0 Å². The number of hydrogen-bond acceptors (Lipinski definition) is 11. The number of anilines is 1. The molecule has 2 aromatic rings. The number of fused-ring (bicyclic) bond motifs is 1. The van der Waals surface area contributed by atoms with Crippen molar-refractivity contribution in [1.29, 1.82) is 0 Å². The number of nitrogen functional groups attached to an aromatic ring is 1. The molecule has 2 aliphatic rings. The lowest BCUT2D eigenvalue weighted by Crippen LogP contribution is -2.40. The second kappa shape index (κ2) is 9.91. The van der Waals surface area contributed by atoms with Crippen molar-refractivity contribution in [3.63, 3.8) is 0 Å². The van der Waals surface area contributed by atoms with E-state index in [2.05, 4.69) is 32.5 Å². The summed E-state index contributed by atoms with van der Waals surface area (Å²) in [5.74, 6) is 3.56. The van der Waals surface area contributed by atoms with Crippen molar-refractivity contribution in [2.75, 3.05) is 12.3 Å². The predicted octanol–water partition coefficient (Wildman–Crippen LogP) is 0.0285. The van der Waals surface area contributed by atoms with Crippen molar-refractivity contribution in [1.82, 2.24) is 19.5 Å². The number of H-pyrrole nitrogens is 1. The summed E-state index contributed by atoms with van der Waals surface area (Å²) in [6.45, 7) is 3.23. The minimum atomic E-state index is -1.24. The number of carbonyl (C=O) groups excluding carboxylic acids is 3. The molecule has 1 aliphatic heterocycles. The number of esters is 3. The monoisotopic (exact) mass is 495 g/mol. The molecule has 36 heavy (non-hydrogen) atoms. The van der Waals surface area contributed by atoms with Crippen molar-refractivity contribution in [3.05, 3.63) is 45.7 Å². The lowest BCUT2D eigenvalue weighted by atomic mass is 10.1. The number of imidazole rings is 1. The van der Waals surface area contributed by atoms with E-state index >= 15 is 0 Å². The highest BCUT2D eigenvalue weighted by Crippen LogP contribution is 2.36. The molecule has 0 radical (unpaired) electrons. The van der Waals surface area contributed by atoms with Crippen molar-refractivity contribution < 1.29 is 33.3 Å². The first kappa shape index (κ1) is 24.5. The van der Waals surface area contributed by atoms with Crippen LogP contribution < -0.4 is 11.3 Å². The van der Waals surface area contributed by atoms with Gasteiger partial charge in [0.2, 0.25) is 5.95 Å². The van der Waals surface area contributed by atoms with Gasteiger partial charge < -0.3 is 24.7 Å². The molecular formula is C23H21N5O8. The quantitative estimate of drug-likeness (QED) is 0.247. The van der Waals surface area contributed by atoms with E-state index in [0.29, 0.717) is 5.57 Å². The molecule has 3 N–H and O–H groups in total. The molecule has 0 aromatic carbocycles. The third-order valence-corrected chi connectivity index (χ3v) is 5.07. The van der Waals surface area contributed by atoms with Crippen LogP contribution in [0.4, 0.5) is 5.95 Å². The van der Waals surface area contributed by atoms with Gasteiger partial charge in [-0.05, 0) is 24.0 Å². The van der Waals surface area contributed by atoms with Gasteiger partial charge in [-0.3, -0.25) is 28.7 Å². The molecule has 1 aliphatic carbocycles. The summed E-state index contributed by atoms with van der Waals surface area (Å²) in [5, 5.41) is 0. The molecule has 13 heteroatoms. The lowest BCUT2D eigenvalue weighted by Gasteiger charge is -2.24. The van der Waals surface area contributed by atoms with Crippen LogP contribution in [0.15, 0.2) is 34.3 Å². The Morgan fingerprint density at radius 1 is 1.14 bits per heavy atom. The topological polar surface area (TPSA) is 178 Å². The van der Waals surface area contributed by atoms with Crippen LogP contribution in [0.2, 0.25) is 0 Å². The van der Waals surface area contributed by atoms with Crippen LogP contribution in [0, 0.1) is 11.8 Å². The molecule has 186 valence electrons. The van der Waals surface area contributed by atoms with Gasteiger partial charge in [0.05, 0.1) is 5.57 Å². The maximum Gasteiger partial charge on any atom is 0.303 e. The van der Waals surface area contributed by atoms with Crippen LogP contribution in [0.3, 0.4) is 0 Å². The Labute approximate surface area is 203 Å². The molecule has 0 spiro atoms. The Hall–Kier alpha value is -4.66. The minimum Gasteiger partial charge on any atom is -0.463 e. The van der Waals surface area contributed by atoms with E-state index in [1.54, 1.807) is 18.2 Å². The molecule has 0 amide bonds. The summed E-state index contributed by atoms with van der Waals surface area (Å²) in [5.41, 5.74) is 8.52. The molecule has 3 heterocycles. The van der Waals surface area contributed by atoms with E-state index in [1.165, 1.54) is 25.3 Å². The molecule has 1 fully saturated rings. The first-order valence-electron chi connectivity index (χ1n) is 10.7. The van der Waals surface area contributed by atoms with E-state index < -0.39 is 48.0 Å². The Bertz CT molecular complexity index is 1470. The van der Waals surface area contributed by atoms with Crippen molar-refractivity contribution >= 4 is 35.0 Å². The third-order valence-electron chi connectivity index (χ3n) is 5.07. The van der Waals surface area contributed by atoms with Gasteiger partial charge in [0.15, 0.2) is 35.4 Å². The van der Waals surface area contributed by atoms with Gasteiger partial charge in [-0.15, -0.1) is 5.73 Å². The van der Waals surface area contributed by atoms with Crippen molar-refractivity contribution in [3.8, 4) is 11.8 Å². The highest BCUT2D eigenvalue weighted by molar-refractivity contribution is 5.73. The number of nitrogens with zero attached hydrogens (tertiary/aromatic N) is 3. The highest BCUT2D eigenvalue weighted by Gasteiger charge is 2.51. The summed E-state index contributed by atoms with van der Waals surface area (Å²) >= 11 is 0. The lowest BCUT2D eigenvalue weighted by molar-refractivity contribution is -0.166. The standard InChI is InChI=1S/C23H21N5O8/c1-11(29)33-10-15-18(34-12(2)30)19(35-13(3)31)22(36-15)28-16(9-8-14-6-4-5-7-14)25-17-20(28)26-23(24)27-21(17)32/h4-6,15,18-19,22H,10H2,1-3H3,(H3,24,26,27,32)/t15-,18-,19-,22-/m1/s1. The number of rotatable bonds is 5. The van der Waals surface area contributed by atoms with Crippen LogP contribution in [-0.2, 0) is 33.3 Å². The van der Waals surface area contributed by atoms with Crippen molar-refractivity contribution in [2.24, 2.45) is 0 Å². The highest BCUT2D eigenvalue weighted by atomic mass is 16.7. The largest absolute Gasteiger partial charge is 0.463 e. The van der Waals surface area contributed by atoms with Crippen LogP contribution in [0.5, 0.6) is 0 Å². The Balaban J connectivity index is 1.89. The van der Waals surface area contributed by atoms with Crippen LogP contribution in [0.1, 0.15) is 32.8 Å². The molecule has 0 saturated carbocycles. The summed E-state index contributed by atoms with van der Waals surface area (Å²) < 4.78 is 23.3. The molecule has 0 bridgehead atoms. The number of ether oxygens (including phenoxy) is 4. The zero-order valence-electron chi connectivity index (χ0n) is 19.4. The summed E-state index contributed by atoms with van der Waals surface area (Å²) in [6.07, 6.45) is 0.482. The van der Waals surface area contributed by atoms with E-state index in [4.69, 9.17) is 24.7 Å². The zero-order chi connectivity index (χ0) is 26.0. The molecule has 0 unspecified atom stereocenters. The van der Waals surface area contributed by atoms with Gasteiger partial charge in [-0.25, -0.2) is 4.98 Å². The molecule has 4 atom stereocenters. The summed E-state index contributed by atoms with van der Waals surface area (Å²) in [7, 11) is 0. The number of carbonyl (C=O) groups is 3. The summed E-state index contributed by atoms with van der Waals surface area (Å²) in [4.78, 5) is 58.7. The predicted molar refractivity (Wildman–Crippen MR) is 122 cm³/mol. The fourth-order valence-corrected chi connectivity index (χ4v) is 3.76. The smallest absolute Gasteiger partial charge is 0.303 e. The third kappa shape index (κ3) is 5.05. The van der Waals surface area contributed by atoms with E-state index in [9.17, 15) is 19.2 Å². The maximum atomic E-state index is 12.6. The van der Waals surface area contributed by atoms with Gasteiger partial charge in [0, 0.05) is 20.8 Å². The average molecular weight is 495 g/mol. The SMILES string of the molecule is CC(=O)OC[C@H]1O[C@@H](n2c(C#CC3=C=CC=C3)nc3c(=O)[nH]c(N)nc32)[C@H](OC(C)=O)[C@@H]1OC(C)=O. The maximum absolute atomic E-state index is 12.6. The fourth-order valence-electron chi connectivity index (χ4n) is 3.76. The second-order valence-corrected chi connectivity index (χ2v) is 7.78. The Morgan fingerprint density at radius 3 is 2.50 bits per heavy atom. The molecule has 1 saturated heterocycles. The number of aromatic nitrogens is 4. The molecule has 4 rings (SSSR count). The van der Waals surface area contributed by atoms with Crippen molar-refractivity contribution in [2.45, 2.75) is 45.3 Å². The number of nitrogens with one attached hydrogen (secondary N) is 1. The normalized spacial score (nSPS) is 22.1. The van der Waals surface area contributed by atoms with Gasteiger partial charge in [-0.1, -0.05) is 6.08 Å². The number of allylic oxidation sites excluding steroid dienone is 3. The van der Waals surface area contributed by atoms with Crippen LogP contribution in [-0.4, -0.2) is 62.3 Å². The zero-order valence-corrected chi connectivity index (χ0v) is 19.4. The first-order chi connectivity index (χ1) is 17.1. The average Bonchev–Trinajstić information content (AvgIpc) is 3.49. The Morgan fingerprint density at radius 2 is 1.86 bits per heavy atom. The first-order valence-corrected chi connectivity index (χ1v) is 10.7. The number of aromatic amines is 1. The minimum absolute atomic E-state index is 0.0103. The van der Waals surface area contributed by atoms with Crippen LogP contribution in [0.25, 0.3) is 11.2 Å². The number of nitrogens with two attached hydrogens (primary N) is 1. The van der Waals surface area contributed by atoms with Gasteiger partial charge in [-0.2, -0.15) is 4.98 Å².